The number of fused-ring (bicyclic) bond motifs is 13. The molecule has 0 unspecified atom stereocenters. The van der Waals surface area contributed by atoms with Crippen molar-refractivity contribution in [1.29, 1.82) is 0 Å². The number of rotatable bonds is 16. The highest BCUT2D eigenvalue weighted by Gasteiger charge is 2.26. The lowest BCUT2D eigenvalue weighted by atomic mass is 9.84. The molecule has 4 aromatic heterocycles. The van der Waals surface area contributed by atoms with Crippen LogP contribution in [-0.4, -0.2) is 58.0 Å². The highest BCUT2D eigenvalue weighted by Crippen LogP contribution is 2.51. The molecule has 0 saturated heterocycles. The van der Waals surface area contributed by atoms with Gasteiger partial charge in [-0.05, 0) is 279 Å². The van der Waals surface area contributed by atoms with Crippen molar-refractivity contribution >= 4 is 209 Å². The van der Waals surface area contributed by atoms with Gasteiger partial charge in [0.2, 0.25) is 0 Å². The van der Waals surface area contributed by atoms with Crippen LogP contribution in [0.2, 0.25) is 0 Å². The van der Waals surface area contributed by atoms with Gasteiger partial charge in [-0.2, -0.15) is 0 Å². The zero-order valence-electron chi connectivity index (χ0n) is 81.7. The van der Waals surface area contributed by atoms with E-state index in [1.165, 1.54) is 260 Å². The number of pyridine rings is 4. The summed E-state index contributed by atoms with van der Waals surface area (Å²) in [6, 6.07) is 187. The maximum absolute atomic E-state index is 4.33. The molecule has 0 N–H and O–H groups in total. The van der Waals surface area contributed by atoms with Gasteiger partial charge in [0, 0.05) is 49.6 Å². The van der Waals surface area contributed by atoms with Crippen LogP contribution >= 0.6 is 0 Å². The Labute approximate surface area is 870 Å². The summed E-state index contributed by atoms with van der Waals surface area (Å²) in [7, 11) is -2.37. The van der Waals surface area contributed by atoms with Crippen molar-refractivity contribution in [2.45, 2.75) is 0 Å². The fourth-order valence-electron chi connectivity index (χ4n) is 22.8. The first kappa shape index (κ1) is 91.1. The summed E-state index contributed by atoms with van der Waals surface area (Å²) in [6.07, 6.45) is 15.1. The lowest BCUT2D eigenvalue weighted by Crippen LogP contribution is -2.26. The van der Waals surface area contributed by atoms with Crippen molar-refractivity contribution in [2.75, 3.05) is 0 Å². The van der Waals surface area contributed by atoms with Crippen molar-refractivity contribution < 1.29 is 0 Å². The van der Waals surface area contributed by atoms with Crippen LogP contribution in [0, 0.1) is 0 Å². The van der Waals surface area contributed by atoms with E-state index in [1.54, 1.807) is 0 Å². The Balaban J connectivity index is 0.000000103. The molecule has 148 heavy (non-hydrogen) atoms. The summed E-state index contributed by atoms with van der Waals surface area (Å²) >= 11 is 0. The lowest BCUT2D eigenvalue weighted by Gasteiger charge is -2.20. The molecule has 0 aliphatic rings. The molecule has 0 aliphatic carbocycles. The van der Waals surface area contributed by atoms with E-state index in [0.29, 0.717) is 0 Å². The summed E-state index contributed by atoms with van der Waals surface area (Å²) in [5.74, 6) is 0. The first-order valence-electron chi connectivity index (χ1n) is 51.1. The molecule has 28 rings (SSSR count). The summed E-state index contributed by atoms with van der Waals surface area (Å²) in [5, 5.41) is 42.6. The Hall–Kier alpha value is -18.1. The molecular weight excluding hydrogens is 1850 g/mol. The predicted octanol–water partition coefficient (Wildman–Crippen LogP) is 28.0. The first-order valence-corrected chi connectivity index (χ1v) is 56.7. The average molecular weight is 1950 g/mol. The van der Waals surface area contributed by atoms with Crippen molar-refractivity contribution in [3.05, 3.63) is 559 Å². The molecule has 0 fully saturated rings. The van der Waals surface area contributed by atoms with E-state index >= 15 is 0 Å². The van der Waals surface area contributed by atoms with Crippen molar-refractivity contribution in [2.24, 2.45) is 0 Å². The molecular formula is C140H100N4Si4. The van der Waals surface area contributed by atoms with Crippen LogP contribution < -0.4 is 41.5 Å². The van der Waals surface area contributed by atoms with Gasteiger partial charge in [-0.3, -0.25) is 19.9 Å². The second-order valence-corrected chi connectivity index (χ2v) is 46.4. The monoisotopic (exact) mass is 1950 g/mol. The largest absolute Gasteiger partial charge is 0.265 e. The molecule has 0 amide bonds. The molecule has 4 heterocycles. The van der Waals surface area contributed by atoms with Gasteiger partial charge in [0.25, 0.3) is 0 Å². The van der Waals surface area contributed by atoms with Crippen LogP contribution in [0.5, 0.6) is 0 Å². The van der Waals surface area contributed by atoms with Crippen LogP contribution in [0.15, 0.2) is 559 Å². The zero-order valence-corrected chi connectivity index (χ0v) is 87.4. The summed E-state index contributed by atoms with van der Waals surface area (Å²) in [5.41, 5.74) is 20.3. The van der Waals surface area contributed by atoms with Crippen molar-refractivity contribution in [3.8, 4) is 89.0 Å². The van der Waals surface area contributed by atoms with Gasteiger partial charge in [-0.15, -0.1) is 0 Å². The molecule has 0 aliphatic heterocycles. The summed E-state index contributed by atoms with van der Waals surface area (Å²) in [6.45, 7) is 0. The van der Waals surface area contributed by atoms with Crippen LogP contribution in [-0.2, 0) is 0 Å². The Kier molecular flexibility index (Phi) is 25.4. The van der Waals surface area contributed by atoms with Gasteiger partial charge >= 0.3 is 0 Å². The normalized spacial score (nSPS) is 11.7. The molecule has 8 heteroatoms. The Bertz CT molecular complexity index is 9810. The molecule has 0 radical (unpaired) electrons. The van der Waals surface area contributed by atoms with Crippen molar-refractivity contribution in [3.63, 3.8) is 0 Å². The van der Waals surface area contributed by atoms with Crippen LogP contribution in [0.25, 0.3) is 218 Å². The number of benzene rings is 24. The fraction of sp³-hybridized carbons (Fsp3) is 0. The van der Waals surface area contributed by atoms with E-state index in [4.69, 9.17) is 0 Å². The third-order valence-corrected chi connectivity index (χ3v) is 36.3. The van der Waals surface area contributed by atoms with E-state index < -0.39 is 38.1 Å². The topological polar surface area (TPSA) is 51.6 Å². The Morgan fingerprint density at radius 1 is 0.108 bits per heavy atom. The van der Waals surface area contributed by atoms with Gasteiger partial charge in [0.15, 0.2) is 0 Å². The Morgan fingerprint density at radius 3 is 0.730 bits per heavy atom. The number of hydrogen-bond donors (Lipinski definition) is 0. The third kappa shape index (κ3) is 18.1. The maximum atomic E-state index is 4.33. The SMILES string of the molecule is c1ccc([SiH2]c2ccc3c(-c4ccncc4)c4ccccc4c(-c4cc5ccccc5c5ccccc45)c3c2)cc1.c1ccc([SiH2]c2ccc3c(-c4ccncc4)c4ccccc4c(-c4ccc5ccccc5c4)c3c2)cc1.c1ccc([SiH2]c2ccc3c(-c4ccncc4)c4ccccc4c(-c4cccc5ccccc45)c3c2)cc1.c1ccc([SiH2]c2ccc3c(-c4ccncc4)c4ccccc4c(-c4ccccc4)c3c2)cc1. The number of nitrogens with zero attached hydrogens (tertiary/aromatic N) is 4. The second kappa shape index (κ2) is 41.3. The minimum absolute atomic E-state index is 0.555. The molecule has 696 valence electrons. The predicted molar refractivity (Wildman–Crippen MR) is 648 cm³/mol. The standard InChI is InChI=1S/C39H27NSi.2C35H25NSi.C31H23NSi/c1-2-11-28(12-3-1)41-29-18-19-35-37(25-29)39(34-17-9-8-16-33(34)38(35)26-20-22-40-23-21-26)36-24-27-10-4-5-13-30(27)31-14-6-7-15-32(31)36;1-2-11-26(12-3-1)37-27-17-18-32-33(23-27)35(29-16-8-10-24-9-4-5-13-28(24)29)31-15-7-6-14-30(31)34(32)25-19-21-36-22-20-25;1-2-10-28(11-3-1)37-29-16-17-32-33(23-29)35(27-15-14-24-8-4-5-9-26(24)22-27)31-13-7-6-12-30(31)34(32)25-18-20-36-21-19-25;1-3-9-22(10-4-1)31-27-14-8-7-13-26(27)30(23-17-19-32-20-18-23)28-16-15-25(21-29(28)31)33-24-11-5-2-6-12-24/h1-25H,41H2;2*1-23H,37H2;1-21H,33H2. The van der Waals surface area contributed by atoms with E-state index in [2.05, 4.69) is 530 Å². The molecule has 24 aromatic carbocycles. The third-order valence-electron chi connectivity index (χ3n) is 29.4. The van der Waals surface area contributed by atoms with Crippen molar-refractivity contribution in [1.82, 2.24) is 19.9 Å². The van der Waals surface area contributed by atoms with E-state index in [1.807, 2.05) is 49.6 Å². The highest BCUT2D eigenvalue weighted by molar-refractivity contribution is 6.69. The van der Waals surface area contributed by atoms with Gasteiger partial charge < -0.3 is 0 Å². The molecule has 0 saturated carbocycles. The lowest BCUT2D eigenvalue weighted by molar-refractivity contribution is 1.33. The van der Waals surface area contributed by atoms with E-state index in [9.17, 15) is 0 Å². The minimum Gasteiger partial charge on any atom is -0.265 e. The van der Waals surface area contributed by atoms with Gasteiger partial charge in [0.1, 0.15) is 0 Å². The summed E-state index contributed by atoms with van der Waals surface area (Å²) in [4.78, 5) is 17.2. The first-order chi connectivity index (χ1) is 73.4. The zero-order chi connectivity index (χ0) is 98.4. The molecule has 28 aromatic rings. The molecule has 0 spiro atoms. The van der Waals surface area contributed by atoms with Crippen LogP contribution in [0.3, 0.4) is 0 Å². The molecule has 0 bridgehead atoms. The quantitative estimate of drug-likeness (QED) is 0.0550. The average Bonchev–Trinajstić information content (AvgIpc) is 0.736. The summed E-state index contributed by atoms with van der Waals surface area (Å²) < 4.78 is 0. The maximum Gasteiger partial charge on any atom is 0.0875 e. The molecule has 0 atom stereocenters. The van der Waals surface area contributed by atoms with Crippen LogP contribution in [0.4, 0.5) is 0 Å². The minimum atomic E-state index is -0.629. The second-order valence-electron chi connectivity index (χ2n) is 38.4. The van der Waals surface area contributed by atoms with Gasteiger partial charge in [-0.1, -0.05) is 490 Å². The van der Waals surface area contributed by atoms with Gasteiger partial charge in [0.05, 0.1) is 38.1 Å². The smallest absolute Gasteiger partial charge is 0.0875 e. The van der Waals surface area contributed by atoms with E-state index in [-0.39, 0.29) is 0 Å². The van der Waals surface area contributed by atoms with Crippen LogP contribution in [0.1, 0.15) is 0 Å². The fourth-order valence-corrected chi connectivity index (χ4v) is 28.9. The highest BCUT2D eigenvalue weighted by atomic mass is 28.2. The number of hydrogen-bond acceptors (Lipinski definition) is 4. The molecule has 4 nitrogen and oxygen atoms in total. The van der Waals surface area contributed by atoms with E-state index in [0.717, 1.165) is 0 Å². The Morgan fingerprint density at radius 2 is 0.358 bits per heavy atom. The van der Waals surface area contributed by atoms with Gasteiger partial charge in [-0.25, -0.2) is 0 Å². The number of aromatic nitrogens is 4.